The highest BCUT2D eigenvalue weighted by Crippen LogP contribution is 2.29. The first-order valence-corrected chi connectivity index (χ1v) is 10.0. The molecule has 0 saturated carbocycles. The Hall–Kier alpha value is -3.63. The van der Waals surface area contributed by atoms with Crippen molar-refractivity contribution < 1.29 is 29.1 Å². The predicted molar refractivity (Wildman–Crippen MR) is 108 cm³/mol. The summed E-state index contributed by atoms with van der Waals surface area (Å²) in [6.45, 7) is 0.405. The number of carboxylic acids is 1. The lowest BCUT2D eigenvalue weighted by Gasteiger charge is -2.28. The highest BCUT2D eigenvalue weighted by molar-refractivity contribution is 6.05. The number of urea groups is 2. The van der Waals surface area contributed by atoms with Gasteiger partial charge in [0.1, 0.15) is 12.1 Å². The molecule has 2 aliphatic rings. The highest BCUT2D eigenvalue weighted by Gasteiger charge is 2.46. The maximum Gasteiger partial charge on any atom is 0.327 e. The molecule has 0 spiro atoms. The van der Waals surface area contributed by atoms with Gasteiger partial charge in [-0.25, -0.2) is 14.4 Å². The molecule has 0 aliphatic carbocycles. The van der Waals surface area contributed by atoms with Gasteiger partial charge in [0.15, 0.2) is 0 Å². The van der Waals surface area contributed by atoms with Crippen molar-refractivity contribution in [2.24, 2.45) is 5.73 Å². The summed E-state index contributed by atoms with van der Waals surface area (Å²) in [5.74, 6) is -2.14. The molecule has 0 unspecified atom stereocenters. The Bertz CT molecular complexity index is 861. The van der Waals surface area contributed by atoms with Crippen LogP contribution in [0.15, 0.2) is 24.3 Å². The van der Waals surface area contributed by atoms with Gasteiger partial charge in [0.2, 0.25) is 5.91 Å². The number of carbonyl (C=O) groups excluding carboxylic acids is 4. The smallest absolute Gasteiger partial charge is 0.327 e. The van der Waals surface area contributed by atoms with Crippen LogP contribution in [0, 0.1) is 0 Å². The summed E-state index contributed by atoms with van der Waals surface area (Å²) in [7, 11) is 0. The number of fused-ring (bicyclic) bond motifs is 2. The molecule has 2 atom stereocenters. The third-order valence-electron chi connectivity index (χ3n) is 5.44. The molecule has 166 valence electrons. The van der Waals surface area contributed by atoms with Crippen LogP contribution < -0.4 is 16.4 Å². The van der Waals surface area contributed by atoms with Gasteiger partial charge < -0.3 is 26.4 Å². The van der Waals surface area contributed by atoms with Crippen LogP contribution in [0.4, 0.5) is 9.59 Å². The van der Waals surface area contributed by atoms with Crippen molar-refractivity contribution in [1.82, 2.24) is 20.4 Å². The number of nitrogens with two attached hydrogens (primary N) is 1. The molecule has 2 aliphatic heterocycles. The zero-order valence-electron chi connectivity index (χ0n) is 16.9. The Morgan fingerprint density at radius 3 is 2.58 bits per heavy atom. The van der Waals surface area contributed by atoms with Gasteiger partial charge in [-0.2, -0.15) is 0 Å². The number of rotatable bonds is 9. The number of imide groups is 1. The van der Waals surface area contributed by atoms with Crippen LogP contribution >= 0.6 is 0 Å². The number of nitrogens with zero attached hydrogens (tertiary/aromatic N) is 2. The topological polar surface area (TPSA) is 162 Å². The molecule has 6 amide bonds. The van der Waals surface area contributed by atoms with Crippen molar-refractivity contribution in [3.63, 3.8) is 0 Å². The lowest BCUT2D eigenvalue weighted by molar-refractivity contribution is -0.142. The van der Waals surface area contributed by atoms with E-state index in [1.165, 1.54) is 4.90 Å². The van der Waals surface area contributed by atoms with Gasteiger partial charge in [0.05, 0.1) is 0 Å². The third kappa shape index (κ3) is 5.11. The van der Waals surface area contributed by atoms with Gasteiger partial charge in [0, 0.05) is 32.5 Å². The van der Waals surface area contributed by atoms with Crippen LogP contribution in [0.2, 0.25) is 0 Å². The molecule has 0 bridgehead atoms. The Labute approximate surface area is 178 Å². The van der Waals surface area contributed by atoms with Crippen LogP contribution in [-0.4, -0.2) is 69.9 Å². The molecule has 2 heterocycles. The molecule has 3 rings (SSSR count). The molecule has 5 N–H and O–H groups in total. The van der Waals surface area contributed by atoms with Crippen molar-refractivity contribution in [1.29, 1.82) is 0 Å². The zero-order chi connectivity index (χ0) is 22.5. The molecule has 1 saturated heterocycles. The van der Waals surface area contributed by atoms with Crippen LogP contribution in [0.5, 0.6) is 0 Å². The zero-order valence-corrected chi connectivity index (χ0v) is 16.9. The van der Waals surface area contributed by atoms with Crippen LogP contribution in [0.25, 0.3) is 0 Å². The summed E-state index contributed by atoms with van der Waals surface area (Å²) >= 11 is 0. The van der Waals surface area contributed by atoms with E-state index in [4.69, 9.17) is 5.73 Å². The minimum Gasteiger partial charge on any atom is -0.480 e. The number of benzene rings is 1. The molecular formula is C20H25N5O6. The second-order valence-corrected chi connectivity index (χ2v) is 7.53. The van der Waals surface area contributed by atoms with E-state index in [1.54, 1.807) is 0 Å². The maximum absolute atomic E-state index is 12.7. The average Bonchev–Trinajstić information content (AvgIpc) is 2.96. The Balaban J connectivity index is 1.52. The number of amides is 6. The van der Waals surface area contributed by atoms with Gasteiger partial charge in [-0.3, -0.25) is 14.5 Å². The molecule has 11 heteroatoms. The fourth-order valence-corrected chi connectivity index (χ4v) is 3.83. The van der Waals surface area contributed by atoms with Gasteiger partial charge in [0.25, 0.3) is 5.91 Å². The van der Waals surface area contributed by atoms with Crippen molar-refractivity contribution >= 4 is 29.8 Å². The average molecular weight is 431 g/mol. The van der Waals surface area contributed by atoms with Gasteiger partial charge in [-0.05, 0) is 24.0 Å². The van der Waals surface area contributed by atoms with Crippen molar-refractivity contribution in [2.75, 3.05) is 13.1 Å². The molecular weight excluding hydrogens is 406 g/mol. The Morgan fingerprint density at radius 2 is 1.90 bits per heavy atom. The first-order chi connectivity index (χ1) is 14.8. The molecule has 1 fully saturated rings. The second-order valence-electron chi connectivity index (χ2n) is 7.53. The minimum atomic E-state index is -1.21. The maximum atomic E-state index is 12.7. The molecule has 31 heavy (non-hydrogen) atoms. The largest absolute Gasteiger partial charge is 0.480 e. The molecule has 1 aromatic rings. The summed E-state index contributed by atoms with van der Waals surface area (Å²) in [4.78, 5) is 62.2. The number of primary amides is 1. The standard InChI is InChI=1S/C20H25N5O6/c21-19(30)22-8-3-6-14(18(28)29)23-16(26)7-9-24-17(27)15-10-12-4-1-2-5-13(12)11-25(15)20(24)31/h1-2,4-5,14-15H,3,6-11H2,(H,23,26)(H,28,29)(H3,21,22,30)/t14-,15+/m0/s1. The minimum absolute atomic E-state index is 0.0943. The number of hydrogen-bond donors (Lipinski definition) is 4. The van der Waals surface area contributed by atoms with Crippen LogP contribution in [0.3, 0.4) is 0 Å². The van der Waals surface area contributed by atoms with Gasteiger partial charge >= 0.3 is 18.0 Å². The van der Waals surface area contributed by atoms with E-state index >= 15 is 0 Å². The van der Waals surface area contributed by atoms with Crippen LogP contribution in [-0.2, 0) is 27.3 Å². The fourth-order valence-electron chi connectivity index (χ4n) is 3.83. The summed E-state index contributed by atoms with van der Waals surface area (Å²) < 4.78 is 0. The Kier molecular flexibility index (Phi) is 6.73. The van der Waals surface area contributed by atoms with E-state index in [0.29, 0.717) is 19.4 Å². The molecule has 0 radical (unpaired) electrons. The van der Waals surface area contributed by atoms with Crippen molar-refractivity contribution in [2.45, 2.75) is 44.3 Å². The van der Waals surface area contributed by atoms with E-state index in [2.05, 4.69) is 10.6 Å². The summed E-state index contributed by atoms with van der Waals surface area (Å²) in [6, 6.07) is 4.76. The van der Waals surface area contributed by atoms with E-state index in [1.807, 2.05) is 24.3 Å². The highest BCUT2D eigenvalue weighted by atomic mass is 16.4. The van der Waals surface area contributed by atoms with Gasteiger partial charge in [-0.15, -0.1) is 0 Å². The lowest BCUT2D eigenvalue weighted by Crippen LogP contribution is -2.43. The number of aliphatic carboxylic acids is 1. The monoisotopic (exact) mass is 431 g/mol. The molecule has 11 nitrogen and oxygen atoms in total. The first-order valence-electron chi connectivity index (χ1n) is 10.0. The quantitative estimate of drug-likeness (QED) is 0.312. The number of hydrogen-bond acceptors (Lipinski definition) is 5. The lowest BCUT2D eigenvalue weighted by atomic mass is 9.95. The van der Waals surface area contributed by atoms with E-state index in [9.17, 15) is 29.1 Å². The van der Waals surface area contributed by atoms with Gasteiger partial charge in [-0.1, -0.05) is 24.3 Å². The number of nitrogens with one attached hydrogen (secondary N) is 2. The summed E-state index contributed by atoms with van der Waals surface area (Å²) in [5.41, 5.74) is 6.96. The first kappa shape index (κ1) is 22.1. The van der Waals surface area contributed by atoms with Crippen molar-refractivity contribution in [3.05, 3.63) is 35.4 Å². The van der Waals surface area contributed by atoms with E-state index in [-0.39, 0.29) is 31.8 Å². The number of carbonyl (C=O) groups is 5. The van der Waals surface area contributed by atoms with E-state index < -0.39 is 36.0 Å². The SMILES string of the molecule is NC(=O)NCCC[C@H](NC(=O)CCN1C(=O)[C@H]2Cc3ccccc3CN2C1=O)C(=O)O. The van der Waals surface area contributed by atoms with E-state index in [0.717, 1.165) is 16.0 Å². The van der Waals surface area contributed by atoms with Crippen LogP contribution in [0.1, 0.15) is 30.4 Å². The fraction of sp³-hybridized carbons (Fsp3) is 0.450. The second kappa shape index (κ2) is 9.45. The molecule has 1 aromatic carbocycles. The predicted octanol–water partition coefficient (Wildman–Crippen LogP) is -0.216. The summed E-state index contributed by atoms with van der Waals surface area (Å²) in [5, 5.41) is 14.0. The Morgan fingerprint density at radius 1 is 1.19 bits per heavy atom. The number of carboxylic acid groups (broad SMARTS) is 1. The van der Waals surface area contributed by atoms with Crippen molar-refractivity contribution in [3.8, 4) is 0 Å². The third-order valence-corrected chi connectivity index (χ3v) is 5.44. The summed E-state index contributed by atoms with van der Waals surface area (Å²) in [6.07, 6.45) is 0.635. The normalized spacial score (nSPS) is 18.3. The molecule has 0 aromatic heterocycles.